The fraction of sp³-hybridized carbons (Fsp3) is 0.214. The van der Waals surface area contributed by atoms with Crippen molar-refractivity contribution in [1.29, 1.82) is 0 Å². The molecule has 21 heavy (non-hydrogen) atoms. The van der Waals surface area contributed by atoms with Crippen LogP contribution in [0.3, 0.4) is 0 Å². The molecule has 7 heteroatoms. The van der Waals surface area contributed by atoms with Gasteiger partial charge in [0.1, 0.15) is 12.2 Å². The van der Waals surface area contributed by atoms with Crippen LogP contribution < -0.4 is 0 Å². The smallest absolute Gasteiger partial charge is 0.128 e. The van der Waals surface area contributed by atoms with Crippen LogP contribution in [0.1, 0.15) is 23.8 Å². The van der Waals surface area contributed by atoms with Crippen LogP contribution in [0, 0.1) is 0 Å². The van der Waals surface area contributed by atoms with E-state index in [4.69, 9.17) is 34.8 Å². The van der Waals surface area contributed by atoms with Crippen molar-refractivity contribution in [2.75, 3.05) is 0 Å². The second-order valence-electron chi connectivity index (χ2n) is 4.63. The highest BCUT2D eigenvalue weighted by Crippen LogP contribution is 2.31. The van der Waals surface area contributed by atoms with Crippen LogP contribution in [0.25, 0.3) is 11.0 Å². The number of imidazole rings is 1. The summed E-state index contributed by atoms with van der Waals surface area (Å²) in [7, 11) is 0. The summed E-state index contributed by atoms with van der Waals surface area (Å²) in [5.41, 5.74) is 2.51. The van der Waals surface area contributed by atoms with Gasteiger partial charge in [-0.3, -0.25) is 0 Å². The third-order valence-corrected chi connectivity index (χ3v) is 4.06. The molecule has 0 spiro atoms. The van der Waals surface area contributed by atoms with Gasteiger partial charge in [0.25, 0.3) is 0 Å². The van der Waals surface area contributed by atoms with Crippen LogP contribution >= 0.6 is 34.8 Å². The van der Waals surface area contributed by atoms with E-state index in [1.165, 1.54) is 6.33 Å². The lowest BCUT2D eigenvalue weighted by Crippen LogP contribution is -2.07. The topological polar surface area (TPSA) is 43.6 Å². The summed E-state index contributed by atoms with van der Waals surface area (Å²) >= 11 is 18.4. The molecule has 0 bridgehead atoms. The first kappa shape index (κ1) is 14.6. The second-order valence-corrected chi connectivity index (χ2v) is 6.10. The van der Waals surface area contributed by atoms with Crippen LogP contribution in [0.15, 0.2) is 30.7 Å². The first-order valence-electron chi connectivity index (χ1n) is 6.30. The van der Waals surface area contributed by atoms with Gasteiger partial charge in [0.15, 0.2) is 0 Å². The molecule has 0 aliphatic carbocycles. The summed E-state index contributed by atoms with van der Waals surface area (Å²) < 4.78 is 2.00. The number of fused-ring (bicyclic) bond motifs is 1. The molecule has 2 aromatic heterocycles. The maximum Gasteiger partial charge on any atom is 0.128 e. The maximum absolute atomic E-state index is 6.24. The third kappa shape index (κ3) is 2.84. The van der Waals surface area contributed by atoms with Crippen LogP contribution in [-0.2, 0) is 6.54 Å². The highest BCUT2D eigenvalue weighted by Gasteiger charge is 2.17. The van der Waals surface area contributed by atoms with Crippen LogP contribution in [-0.4, -0.2) is 19.5 Å². The average molecular weight is 342 g/mol. The molecule has 0 aliphatic heterocycles. The van der Waals surface area contributed by atoms with Gasteiger partial charge in [-0.2, -0.15) is 0 Å². The van der Waals surface area contributed by atoms with E-state index in [2.05, 4.69) is 15.0 Å². The predicted molar refractivity (Wildman–Crippen MR) is 85.2 cm³/mol. The van der Waals surface area contributed by atoms with Gasteiger partial charge in [-0.05, 0) is 25.1 Å². The number of benzene rings is 1. The van der Waals surface area contributed by atoms with E-state index < -0.39 is 0 Å². The monoisotopic (exact) mass is 340 g/mol. The Morgan fingerprint density at radius 3 is 2.67 bits per heavy atom. The van der Waals surface area contributed by atoms with E-state index in [9.17, 15) is 0 Å². The maximum atomic E-state index is 6.24. The largest absolute Gasteiger partial charge is 0.321 e. The molecule has 2 heterocycles. The van der Waals surface area contributed by atoms with Gasteiger partial charge in [0, 0.05) is 6.20 Å². The quantitative estimate of drug-likeness (QED) is 0.660. The Morgan fingerprint density at radius 1 is 1.24 bits per heavy atom. The Bertz CT molecular complexity index is 784. The molecule has 1 aromatic carbocycles. The number of alkyl halides is 1. The van der Waals surface area contributed by atoms with Crippen molar-refractivity contribution < 1.29 is 0 Å². The zero-order chi connectivity index (χ0) is 15.0. The van der Waals surface area contributed by atoms with Crippen molar-refractivity contribution in [1.82, 2.24) is 19.5 Å². The number of aromatic nitrogens is 4. The van der Waals surface area contributed by atoms with E-state index in [0.29, 0.717) is 16.6 Å². The van der Waals surface area contributed by atoms with Gasteiger partial charge in [-0.25, -0.2) is 15.0 Å². The summed E-state index contributed by atoms with van der Waals surface area (Å²) in [4.78, 5) is 12.7. The van der Waals surface area contributed by atoms with Crippen molar-refractivity contribution in [3.8, 4) is 0 Å². The Balaban J connectivity index is 2.18. The van der Waals surface area contributed by atoms with Crippen LogP contribution in [0.2, 0.25) is 10.0 Å². The molecule has 3 aromatic rings. The number of halogens is 3. The summed E-state index contributed by atoms with van der Waals surface area (Å²) in [6.07, 6.45) is 3.22. The fourth-order valence-electron chi connectivity index (χ4n) is 2.18. The number of nitrogens with zero attached hydrogens (tertiary/aromatic N) is 4. The summed E-state index contributed by atoms with van der Waals surface area (Å²) in [6.45, 7) is 2.42. The highest BCUT2D eigenvalue weighted by molar-refractivity contribution is 6.42. The Morgan fingerprint density at radius 2 is 2.00 bits per heavy atom. The fourth-order valence-corrected chi connectivity index (χ4v) is 2.66. The minimum atomic E-state index is -0.239. The summed E-state index contributed by atoms with van der Waals surface area (Å²) in [5, 5.41) is 0.725. The van der Waals surface area contributed by atoms with Gasteiger partial charge in [-0.15, -0.1) is 11.6 Å². The van der Waals surface area contributed by atoms with E-state index in [0.717, 1.165) is 22.6 Å². The minimum absolute atomic E-state index is 0.239. The van der Waals surface area contributed by atoms with Crippen molar-refractivity contribution in [2.45, 2.75) is 18.8 Å². The Hall–Kier alpha value is -1.36. The zero-order valence-electron chi connectivity index (χ0n) is 11.1. The van der Waals surface area contributed by atoms with Gasteiger partial charge in [-0.1, -0.05) is 23.2 Å². The summed E-state index contributed by atoms with van der Waals surface area (Å²) in [6, 6.07) is 5.40. The van der Waals surface area contributed by atoms with Gasteiger partial charge >= 0.3 is 0 Å². The minimum Gasteiger partial charge on any atom is -0.321 e. The number of hydrogen-bond donors (Lipinski definition) is 0. The normalized spacial score (nSPS) is 12.8. The predicted octanol–water partition coefficient (Wildman–Crippen LogP) is 4.48. The molecule has 0 fully saturated rings. The van der Waals surface area contributed by atoms with Crippen LogP contribution in [0.4, 0.5) is 0 Å². The molecule has 3 rings (SSSR count). The molecule has 0 saturated heterocycles. The van der Waals surface area contributed by atoms with Crippen molar-refractivity contribution in [2.24, 2.45) is 0 Å². The SMILES string of the molecule is CC(Cl)c1nc2cc(Cl)c(Cl)cc2n1Cc1ccncn1. The second kappa shape index (κ2) is 5.79. The van der Waals surface area contributed by atoms with Gasteiger partial charge in [0.05, 0.1) is 38.7 Å². The standard InChI is InChI=1S/C14H11Cl3N4/c1-8(15)14-20-12-4-10(16)11(17)5-13(12)21(14)6-9-2-3-18-7-19-9/h2-5,7-8H,6H2,1H3. The van der Waals surface area contributed by atoms with Crippen molar-refractivity contribution in [3.63, 3.8) is 0 Å². The highest BCUT2D eigenvalue weighted by atomic mass is 35.5. The zero-order valence-corrected chi connectivity index (χ0v) is 13.4. The average Bonchev–Trinajstić information content (AvgIpc) is 2.79. The van der Waals surface area contributed by atoms with Crippen molar-refractivity contribution in [3.05, 3.63) is 52.3 Å². The van der Waals surface area contributed by atoms with Crippen molar-refractivity contribution >= 4 is 45.8 Å². The molecule has 108 valence electrons. The molecule has 4 nitrogen and oxygen atoms in total. The first-order chi connectivity index (χ1) is 10.1. The molecule has 0 amide bonds. The lowest BCUT2D eigenvalue weighted by Gasteiger charge is -2.10. The molecule has 1 atom stereocenters. The van der Waals surface area contributed by atoms with E-state index >= 15 is 0 Å². The van der Waals surface area contributed by atoms with E-state index in [1.54, 1.807) is 18.3 Å². The molecule has 0 N–H and O–H groups in total. The molecular weight excluding hydrogens is 331 g/mol. The molecule has 1 unspecified atom stereocenters. The van der Waals surface area contributed by atoms with E-state index in [-0.39, 0.29) is 5.38 Å². The molecular formula is C14H11Cl3N4. The molecule has 0 aliphatic rings. The third-order valence-electron chi connectivity index (χ3n) is 3.14. The number of rotatable bonds is 3. The Kier molecular flexibility index (Phi) is 4.02. The lowest BCUT2D eigenvalue weighted by atomic mass is 10.3. The molecule has 0 saturated carbocycles. The Labute approximate surface area is 136 Å². The lowest BCUT2D eigenvalue weighted by molar-refractivity contribution is 0.725. The van der Waals surface area contributed by atoms with Gasteiger partial charge < -0.3 is 4.57 Å². The first-order valence-corrected chi connectivity index (χ1v) is 7.49. The van der Waals surface area contributed by atoms with E-state index in [1.807, 2.05) is 17.6 Å². The van der Waals surface area contributed by atoms with Gasteiger partial charge in [0.2, 0.25) is 0 Å². The number of hydrogen-bond acceptors (Lipinski definition) is 3. The van der Waals surface area contributed by atoms with Crippen LogP contribution in [0.5, 0.6) is 0 Å². The summed E-state index contributed by atoms with van der Waals surface area (Å²) in [5.74, 6) is 0.753. The molecule has 0 radical (unpaired) electrons.